The average molecular weight is 260 g/mol. The molecule has 1 atom stereocenters. The van der Waals surface area contributed by atoms with Crippen LogP contribution in [0.2, 0.25) is 0 Å². The van der Waals surface area contributed by atoms with Gasteiger partial charge in [0.25, 0.3) is 0 Å². The van der Waals surface area contributed by atoms with Gasteiger partial charge in [-0.1, -0.05) is 44.2 Å². The summed E-state index contributed by atoms with van der Waals surface area (Å²) in [6.07, 6.45) is 1.81. The highest BCUT2D eigenvalue weighted by Crippen LogP contribution is 2.21. The molecule has 0 bridgehead atoms. The molecule has 1 rings (SSSR count). The predicted octanol–water partition coefficient (Wildman–Crippen LogP) is 2.68. The zero-order valence-electron chi connectivity index (χ0n) is 11.9. The van der Waals surface area contributed by atoms with Crippen molar-refractivity contribution in [3.8, 4) is 6.07 Å². The van der Waals surface area contributed by atoms with E-state index in [9.17, 15) is 5.26 Å². The molecule has 0 aliphatic carbocycles. The molecule has 2 N–H and O–H groups in total. The summed E-state index contributed by atoms with van der Waals surface area (Å²) in [4.78, 5) is 0. The molecule has 0 saturated heterocycles. The first-order valence-corrected chi connectivity index (χ1v) is 6.85. The molecule has 0 saturated carbocycles. The molecule has 0 aliphatic heterocycles. The van der Waals surface area contributed by atoms with Crippen molar-refractivity contribution >= 4 is 0 Å². The Labute approximate surface area is 116 Å². The first kappa shape index (κ1) is 15.7. The van der Waals surface area contributed by atoms with Crippen LogP contribution in [0.1, 0.15) is 38.2 Å². The Morgan fingerprint density at radius 3 is 2.58 bits per heavy atom. The van der Waals surface area contributed by atoms with Gasteiger partial charge in [0.2, 0.25) is 0 Å². The van der Waals surface area contributed by atoms with Crippen molar-refractivity contribution in [2.24, 2.45) is 5.41 Å². The van der Waals surface area contributed by atoms with Crippen molar-refractivity contribution in [2.75, 3.05) is 19.7 Å². The van der Waals surface area contributed by atoms with Crippen LogP contribution in [-0.2, 0) is 0 Å². The Bertz CT molecular complexity index is 395. The second-order valence-corrected chi connectivity index (χ2v) is 5.71. The molecule has 0 aromatic heterocycles. The molecule has 0 aliphatic rings. The number of nitrogens with one attached hydrogen (secondary N) is 1. The summed E-state index contributed by atoms with van der Waals surface area (Å²) in [6.45, 7) is 6.13. The molecule has 1 aromatic carbocycles. The van der Waals surface area contributed by atoms with Crippen LogP contribution in [0.15, 0.2) is 30.3 Å². The van der Waals surface area contributed by atoms with Crippen LogP contribution in [0.4, 0.5) is 0 Å². The third kappa shape index (κ3) is 5.87. The summed E-state index contributed by atoms with van der Waals surface area (Å²) in [6, 6.07) is 12.2. The van der Waals surface area contributed by atoms with Gasteiger partial charge in [0.05, 0.1) is 12.0 Å². The van der Waals surface area contributed by atoms with Crippen molar-refractivity contribution in [2.45, 2.75) is 32.6 Å². The first-order chi connectivity index (χ1) is 9.09. The van der Waals surface area contributed by atoms with Crippen LogP contribution in [0, 0.1) is 16.7 Å². The topological polar surface area (TPSA) is 56.0 Å². The normalized spacial score (nSPS) is 12.9. The molecule has 0 radical (unpaired) electrons. The van der Waals surface area contributed by atoms with E-state index in [1.165, 1.54) is 0 Å². The highest BCUT2D eigenvalue weighted by molar-refractivity contribution is 5.24. The van der Waals surface area contributed by atoms with Gasteiger partial charge >= 0.3 is 0 Å². The smallest absolute Gasteiger partial charge is 0.0837 e. The second-order valence-electron chi connectivity index (χ2n) is 5.71. The van der Waals surface area contributed by atoms with E-state index in [2.05, 4.69) is 25.2 Å². The highest BCUT2D eigenvalue weighted by Gasteiger charge is 2.18. The lowest BCUT2D eigenvalue weighted by Crippen LogP contribution is -2.32. The lowest BCUT2D eigenvalue weighted by Gasteiger charge is -2.25. The van der Waals surface area contributed by atoms with Crippen molar-refractivity contribution in [1.29, 1.82) is 5.26 Å². The van der Waals surface area contributed by atoms with Gasteiger partial charge in [0, 0.05) is 19.7 Å². The Kier molecular flexibility index (Phi) is 6.55. The van der Waals surface area contributed by atoms with Gasteiger partial charge in [0.15, 0.2) is 0 Å². The minimum atomic E-state index is -0.102. The van der Waals surface area contributed by atoms with E-state index < -0.39 is 0 Å². The lowest BCUT2D eigenvalue weighted by molar-refractivity contribution is 0.236. The molecule has 0 amide bonds. The Hall–Kier alpha value is -1.37. The molecule has 3 nitrogen and oxygen atoms in total. The molecular weight excluding hydrogens is 236 g/mol. The van der Waals surface area contributed by atoms with Crippen molar-refractivity contribution in [3.05, 3.63) is 35.9 Å². The van der Waals surface area contributed by atoms with E-state index in [0.29, 0.717) is 6.54 Å². The molecule has 19 heavy (non-hydrogen) atoms. The van der Waals surface area contributed by atoms with Gasteiger partial charge < -0.3 is 10.4 Å². The van der Waals surface area contributed by atoms with Crippen LogP contribution >= 0.6 is 0 Å². The second kappa shape index (κ2) is 7.93. The zero-order valence-corrected chi connectivity index (χ0v) is 11.9. The van der Waals surface area contributed by atoms with E-state index in [1.807, 2.05) is 30.3 Å². The number of aliphatic hydroxyl groups excluding tert-OH is 1. The SMILES string of the molecule is CC(C)(CCCO)CNCC(C#N)c1ccccc1. The summed E-state index contributed by atoms with van der Waals surface area (Å²) in [5.41, 5.74) is 1.21. The predicted molar refractivity (Wildman–Crippen MR) is 77.8 cm³/mol. The van der Waals surface area contributed by atoms with Gasteiger partial charge in [-0.2, -0.15) is 5.26 Å². The molecular formula is C16H24N2O. The Balaban J connectivity index is 2.41. The minimum absolute atomic E-state index is 0.102. The number of nitriles is 1. The fraction of sp³-hybridized carbons (Fsp3) is 0.562. The number of aliphatic hydroxyl groups is 1. The van der Waals surface area contributed by atoms with E-state index in [4.69, 9.17) is 5.11 Å². The van der Waals surface area contributed by atoms with Gasteiger partial charge in [-0.15, -0.1) is 0 Å². The van der Waals surface area contributed by atoms with Gasteiger partial charge in [-0.05, 0) is 23.8 Å². The average Bonchev–Trinajstić information content (AvgIpc) is 2.42. The molecule has 0 spiro atoms. The van der Waals surface area contributed by atoms with Crippen LogP contribution in [0.5, 0.6) is 0 Å². The third-order valence-electron chi connectivity index (χ3n) is 3.32. The number of nitrogens with zero attached hydrogens (tertiary/aromatic N) is 1. The zero-order chi connectivity index (χ0) is 14.1. The summed E-state index contributed by atoms with van der Waals surface area (Å²) in [5.74, 6) is -0.102. The van der Waals surface area contributed by atoms with Crippen molar-refractivity contribution in [3.63, 3.8) is 0 Å². The highest BCUT2D eigenvalue weighted by atomic mass is 16.2. The van der Waals surface area contributed by atoms with Crippen molar-refractivity contribution in [1.82, 2.24) is 5.32 Å². The van der Waals surface area contributed by atoms with Crippen LogP contribution < -0.4 is 5.32 Å². The summed E-state index contributed by atoms with van der Waals surface area (Å²) in [5, 5.41) is 21.5. The summed E-state index contributed by atoms with van der Waals surface area (Å²) < 4.78 is 0. The van der Waals surface area contributed by atoms with Gasteiger partial charge in [0.1, 0.15) is 0 Å². The van der Waals surface area contributed by atoms with E-state index in [-0.39, 0.29) is 17.9 Å². The molecule has 1 unspecified atom stereocenters. The first-order valence-electron chi connectivity index (χ1n) is 6.85. The third-order valence-corrected chi connectivity index (χ3v) is 3.32. The lowest BCUT2D eigenvalue weighted by atomic mass is 9.87. The monoisotopic (exact) mass is 260 g/mol. The summed E-state index contributed by atoms with van der Waals surface area (Å²) in [7, 11) is 0. The largest absolute Gasteiger partial charge is 0.396 e. The quantitative estimate of drug-likeness (QED) is 0.755. The van der Waals surface area contributed by atoms with E-state index in [0.717, 1.165) is 24.9 Å². The fourth-order valence-electron chi connectivity index (χ4n) is 2.12. The fourth-order valence-corrected chi connectivity index (χ4v) is 2.12. The molecule has 1 aromatic rings. The summed E-state index contributed by atoms with van der Waals surface area (Å²) >= 11 is 0. The van der Waals surface area contributed by atoms with Gasteiger partial charge in [-0.3, -0.25) is 0 Å². The Morgan fingerprint density at radius 1 is 1.32 bits per heavy atom. The maximum Gasteiger partial charge on any atom is 0.0837 e. The minimum Gasteiger partial charge on any atom is -0.396 e. The standard InChI is InChI=1S/C16H24N2O/c1-16(2,9-6-10-19)13-18-12-15(11-17)14-7-4-3-5-8-14/h3-5,7-8,15,18-19H,6,9-10,12-13H2,1-2H3. The van der Waals surface area contributed by atoms with Crippen LogP contribution in [0.25, 0.3) is 0 Å². The van der Waals surface area contributed by atoms with E-state index in [1.54, 1.807) is 0 Å². The number of benzene rings is 1. The molecule has 0 fully saturated rings. The maximum atomic E-state index is 9.23. The van der Waals surface area contributed by atoms with Gasteiger partial charge in [-0.25, -0.2) is 0 Å². The maximum absolute atomic E-state index is 9.23. The van der Waals surface area contributed by atoms with Crippen molar-refractivity contribution < 1.29 is 5.11 Å². The molecule has 3 heteroatoms. The van der Waals surface area contributed by atoms with E-state index >= 15 is 0 Å². The van der Waals surface area contributed by atoms with Crippen LogP contribution in [-0.4, -0.2) is 24.8 Å². The number of rotatable bonds is 8. The van der Waals surface area contributed by atoms with Crippen LogP contribution in [0.3, 0.4) is 0 Å². The number of hydrogen-bond acceptors (Lipinski definition) is 3. The molecule has 0 heterocycles. The number of hydrogen-bond donors (Lipinski definition) is 2. The Morgan fingerprint density at radius 2 is 2.00 bits per heavy atom. The molecule has 104 valence electrons.